The van der Waals surface area contributed by atoms with Crippen molar-refractivity contribution in [3.8, 4) is 0 Å². The van der Waals surface area contributed by atoms with Crippen molar-refractivity contribution in [3.05, 3.63) is 12.2 Å². The van der Waals surface area contributed by atoms with Crippen molar-refractivity contribution in [2.24, 2.45) is 5.92 Å². The molecule has 0 aliphatic heterocycles. The third kappa shape index (κ3) is 3.18. The molecule has 0 aliphatic carbocycles. The fourth-order valence-electron chi connectivity index (χ4n) is 0.893. The van der Waals surface area contributed by atoms with E-state index in [1.165, 1.54) is 6.08 Å². The zero-order chi connectivity index (χ0) is 8.85. The van der Waals surface area contributed by atoms with Gasteiger partial charge in [-0.1, -0.05) is 19.1 Å². The van der Waals surface area contributed by atoms with Gasteiger partial charge in [-0.2, -0.15) is 0 Å². The number of aliphatic hydroxyl groups is 1. The van der Waals surface area contributed by atoms with Gasteiger partial charge >= 0.3 is 5.97 Å². The Morgan fingerprint density at radius 1 is 1.64 bits per heavy atom. The summed E-state index contributed by atoms with van der Waals surface area (Å²) in [5.74, 6) is -1.62. The van der Waals surface area contributed by atoms with Gasteiger partial charge in [0.2, 0.25) is 0 Å². The van der Waals surface area contributed by atoms with Gasteiger partial charge in [0.05, 0.1) is 12.0 Å². The molecule has 0 aromatic rings. The van der Waals surface area contributed by atoms with Gasteiger partial charge in [0.15, 0.2) is 0 Å². The van der Waals surface area contributed by atoms with Crippen molar-refractivity contribution in [3.63, 3.8) is 0 Å². The van der Waals surface area contributed by atoms with E-state index in [0.29, 0.717) is 6.42 Å². The predicted octanol–water partition coefficient (Wildman–Crippen LogP) is 1.03. The third-order valence-corrected chi connectivity index (χ3v) is 1.56. The summed E-state index contributed by atoms with van der Waals surface area (Å²) in [5, 5.41) is 17.8. The van der Waals surface area contributed by atoms with Gasteiger partial charge in [-0.3, -0.25) is 4.79 Å². The molecule has 0 aromatic heterocycles. The van der Waals surface area contributed by atoms with Gasteiger partial charge in [-0.05, 0) is 13.3 Å². The molecule has 0 spiro atoms. The number of aliphatic carboxylic acids is 1. The van der Waals surface area contributed by atoms with Crippen LogP contribution in [0.5, 0.6) is 0 Å². The van der Waals surface area contributed by atoms with Gasteiger partial charge in [-0.25, -0.2) is 0 Å². The first-order valence-corrected chi connectivity index (χ1v) is 3.67. The lowest BCUT2D eigenvalue weighted by Crippen LogP contribution is -2.25. The molecule has 0 saturated heterocycles. The van der Waals surface area contributed by atoms with Crippen LogP contribution in [-0.2, 0) is 4.79 Å². The molecule has 3 nitrogen and oxygen atoms in total. The van der Waals surface area contributed by atoms with Crippen LogP contribution in [0.1, 0.15) is 20.3 Å². The van der Waals surface area contributed by atoms with E-state index >= 15 is 0 Å². The highest BCUT2D eigenvalue weighted by atomic mass is 16.4. The quantitative estimate of drug-likeness (QED) is 0.601. The second kappa shape index (κ2) is 4.91. The van der Waals surface area contributed by atoms with E-state index < -0.39 is 18.0 Å². The Balaban J connectivity index is 4.13. The highest BCUT2D eigenvalue weighted by Gasteiger charge is 2.21. The Hall–Kier alpha value is -0.830. The zero-order valence-electron chi connectivity index (χ0n) is 6.82. The molecule has 11 heavy (non-hydrogen) atoms. The molecule has 0 aromatic carbocycles. The lowest BCUT2D eigenvalue weighted by molar-refractivity contribution is -0.144. The maximum atomic E-state index is 10.5. The first kappa shape index (κ1) is 10.2. The number of hydrogen-bond donors (Lipinski definition) is 2. The van der Waals surface area contributed by atoms with Crippen molar-refractivity contribution in [1.29, 1.82) is 0 Å². The van der Waals surface area contributed by atoms with E-state index in [1.807, 2.05) is 0 Å². The number of carboxylic acids is 1. The Bertz CT molecular complexity index is 151. The van der Waals surface area contributed by atoms with E-state index in [2.05, 4.69) is 0 Å². The summed E-state index contributed by atoms with van der Waals surface area (Å²) in [6.45, 7) is 3.49. The topological polar surface area (TPSA) is 57.5 Å². The molecule has 0 fully saturated rings. The van der Waals surface area contributed by atoms with Crippen LogP contribution in [0.3, 0.4) is 0 Å². The summed E-state index contributed by atoms with van der Waals surface area (Å²) >= 11 is 0. The van der Waals surface area contributed by atoms with Crippen molar-refractivity contribution in [2.45, 2.75) is 26.4 Å². The first-order valence-electron chi connectivity index (χ1n) is 3.67. The molecule has 0 aliphatic rings. The van der Waals surface area contributed by atoms with Gasteiger partial charge in [0, 0.05) is 0 Å². The second-order valence-corrected chi connectivity index (χ2v) is 2.37. The van der Waals surface area contributed by atoms with Gasteiger partial charge in [0.25, 0.3) is 0 Å². The minimum atomic E-state index is -0.946. The van der Waals surface area contributed by atoms with Crippen LogP contribution >= 0.6 is 0 Å². The van der Waals surface area contributed by atoms with Crippen molar-refractivity contribution in [2.75, 3.05) is 0 Å². The summed E-state index contributed by atoms with van der Waals surface area (Å²) in [4.78, 5) is 10.5. The van der Waals surface area contributed by atoms with Crippen LogP contribution in [0.25, 0.3) is 0 Å². The monoisotopic (exact) mass is 158 g/mol. The molecule has 0 heterocycles. The fourth-order valence-corrected chi connectivity index (χ4v) is 0.893. The molecule has 0 saturated carbocycles. The average Bonchev–Trinajstić information content (AvgIpc) is 1.88. The number of allylic oxidation sites excluding steroid dienone is 1. The molecule has 64 valence electrons. The standard InChI is InChI=1S/C8H14O3/c1-3-5-7(9)6(4-2)8(10)11/h3,5-7,9H,4H2,1-2H3,(H,10,11)/b5-3+. The predicted molar refractivity (Wildman–Crippen MR) is 42.2 cm³/mol. The van der Waals surface area contributed by atoms with Crippen molar-refractivity contribution < 1.29 is 15.0 Å². The Morgan fingerprint density at radius 2 is 2.18 bits per heavy atom. The van der Waals surface area contributed by atoms with E-state index in [1.54, 1.807) is 19.9 Å². The summed E-state index contributed by atoms with van der Waals surface area (Å²) in [5.41, 5.74) is 0. The van der Waals surface area contributed by atoms with E-state index in [4.69, 9.17) is 5.11 Å². The minimum absolute atomic E-state index is 0.445. The molecule has 0 amide bonds. The summed E-state index contributed by atoms with van der Waals surface area (Å²) < 4.78 is 0. The number of rotatable bonds is 4. The molecule has 2 unspecified atom stereocenters. The number of carbonyl (C=O) groups is 1. The SMILES string of the molecule is C/C=C/C(O)C(CC)C(=O)O. The van der Waals surface area contributed by atoms with Crippen LogP contribution in [-0.4, -0.2) is 22.3 Å². The number of aliphatic hydroxyl groups excluding tert-OH is 1. The maximum Gasteiger partial charge on any atom is 0.309 e. The van der Waals surface area contributed by atoms with Crippen LogP contribution in [0.2, 0.25) is 0 Å². The van der Waals surface area contributed by atoms with Crippen molar-refractivity contribution in [1.82, 2.24) is 0 Å². The molecule has 3 heteroatoms. The zero-order valence-corrected chi connectivity index (χ0v) is 6.82. The largest absolute Gasteiger partial charge is 0.481 e. The van der Waals surface area contributed by atoms with Crippen LogP contribution in [0.4, 0.5) is 0 Å². The highest BCUT2D eigenvalue weighted by Crippen LogP contribution is 2.09. The molecule has 2 N–H and O–H groups in total. The summed E-state index contributed by atoms with van der Waals surface area (Å²) in [7, 11) is 0. The molecular weight excluding hydrogens is 144 g/mol. The molecule has 0 radical (unpaired) electrons. The molecular formula is C8H14O3. The highest BCUT2D eigenvalue weighted by molar-refractivity contribution is 5.70. The smallest absolute Gasteiger partial charge is 0.309 e. The van der Waals surface area contributed by atoms with Crippen molar-refractivity contribution >= 4 is 5.97 Å². The molecule has 2 atom stereocenters. The molecule has 0 bridgehead atoms. The Morgan fingerprint density at radius 3 is 2.45 bits per heavy atom. The fraction of sp³-hybridized carbons (Fsp3) is 0.625. The van der Waals surface area contributed by atoms with Crippen LogP contribution < -0.4 is 0 Å². The second-order valence-electron chi connectivity index (χ2n) is 2.37. The van der Waals surface area contributed by atoms with Gasteiger partial charge in [0.1, 0.15) is 0 Å². The Labute approximate surface area is 66.4 Å². The summed E-state index contributed by atoms with van der Waals surface area (Å²) in [6.07, 6.45) is 2.72. The molecule has 0 rings (SSSR count). The maximum absolute atomic E-state index is 10.5. The third-order valence-electron chi connectivity index (χ3n) is 1.56. The number of carboxylic acid groups (broad SMARTS) is 1. The lowest BCUT2D eigenvalue weighted by Gasteiger charge is -2.12. The van der Waals surface area contributed by atoms with Crippen LogP contribution in [0, 0.1) is 5.92 Å². The minimum Gasteiger partial charge on any atom is -0.481 e. The van der Waals surface area contributed by atoms with Gasteiger partial charge < -0.3 is 10.2 Å². The normalized spacial score (nSPS) is 16.6. The average molecular weight is 158 g/mol. The van der Waals surface area contributed by atoms with Gasteiger partial charge in [-0.15, -0.1) is 0 Å². The first-order chi connectivity index (χ1) is 5.13. The number of hydrogen-bond acceptors (Lipinski definition) is 2. The van der Waals surface area contributed by atoms with E-state index in [9.17, 15) is 9.90 Å². The Kier molecular flexibility index (Phi) is 4.54. The summed E-state index contributed by atoms with van der Waals surface area (Å²) in [6, 6.07) is 0. The van der Waals surface area contributed by atoms with E-state index in [-0.39, 0.29) is 0 Å². The van der Waals surface area contributed by atoms with Crippen LogP contribution in [0.15, 0.2) is 12.2 Å². The lowest BCUT2D eigenvalue weighted by atomic mass is 9.99. The van der Waals surface area contributed by atoms with E-state index in [0.717, 1.165) is 0 Å².